The fourth-order valence-electron chi connectivity index (χ4n) is 6.14. The monoisotopic (exact) mass is 349 g/mol. The number of aliphatic hydroxyl groups is 4. The molecule has 0 heterocycles. The highest BCUT2D eigenvalue weighted by Gasteiger charge is 2.76. The molecule has 6 N–H and O–H groups in total. The summed E-state index contributed by atoms with van der Waals surface area (Å²) in [6.07, 6.45) is 2.47. The van der Waals surface area contributed by atoms with E-state index in [1.165, 1.54) is 0 Å². The van der Waals surface area contributed by atoms with E-state index in [0.29, 0.717) is 11.1 Å². The van der Waals surface area contributed by atoms with Crippen LogP contribution in [0.5, 0.6) is 0 Å². The van der Waals surface area contributed by atoms with Crippen molar-refractivity contribution in [2.45, 2.75) is 50.5 Å². The number of fused-ring (bicyclic) bond motifs is 5. The lowest BCUT2D eigenvalue weighted by molar-refractivity contribution is -0.171. The standard InChI is InChI=1S/C19H27NO5/c1-8-4-11-18(24,16(8)23)6-9(7-21)5-10-12-13(17(12,2)3)14(22)15(20)19(10,11)25/h4-5,10-15,21-22,24-25H,6-7,20H2,1-3H3/t10-,11+,12-,13?,14-,15+,18+,19?/m0/s1. The van der Waals surface area contributed by atoms with Gasteiger partial charge in [-0.15, -0.1) is 0 Å². The van der Waals surface area contributed by atoms with Crippen molar-refractivity contribution in [3.05, 3.63) is 23.3 Å². The van der Waals surface area contributed by atoms with Gasteiger partial charge < -0.3 is 26.2 Å². The SMILES string of the molecule is CC1=C[C@H]2C3(O)[C@H](N)[C@@H](O)C4[C@H]([C@@H]3C=C(CO)C[C@]2(O)C1=O)C4(C)C. The molecule has 0 aromatic rings. The molecule has 6 nitrogen and oxygen atoms in total. The van der Waals surface area contributed by atoms with Crippen molar-refractivity contribution in [3.63, 3.8) is 0 Å². The number of hydrogen-bond acceptors (Lipinski definition) is 6. The zero-order valence-corrected chi connectivity index (χ0v) is 14.8. The van der Waals surface area contributed by atoms with Crippen molar-refractivity contribution in [3.8, 4) is 0 Å². The zero-order valence-electron chi connectivity index (χ0n) is 14.8. The number of rotatable bonds is 1. The molecule has 8 atom stereocenters. The molecule has 0 saturated heterocycles. The number of aliphatic hydroxyl groups excluding tert-OH is 2. The van der Waals surface area contributed by atoms with Crippen molar-refractivity contribution in [1.82, 2.24) is 0 Å². The quantitative estimate of drug-likeness (QED) is 0.407. The highest BCUT2D eigenvalue weighted by molar-refractivity contribution is 6.04. The Hall–Kier alpha value is -1.05. The Morgan fingerprint density at radius 3 is 2.48 bits per heavy atom. The van der Waals surface area contributed by atoms with Crippen LogP contribution < -0.4 is 5.73 Å². The van der Waals surface area contributed by atoms with Crippen molar-refractivity contribution in [2.75, 3.05) is 6.61 Å². The summed E-state index contributed by atoms with van der Waals surface area (Å²) in [6, 6.07) is -0.985. The summed E-state index contributed by atoms with van der Waals surface area (Å²) in [5, 5.41) is 43.5. The van der Waals surface area contributed by atoms with E-state index in [1.54, 1.807) is 19.1 Å². The zero-order chi connectivity index (χ0) is 18.5. The van der Waals surface area contributed by atoms with Crippen molar-refractivity contribution in [1.29, 1.82) is 0 Å². The molecular formula is C19H27NO5. The van der Waals surface area contributed by atoms with Gasteiger partial charge >= 0.3 is 0 Å². The summed E-state index contributed by atoms with van der Waals surface area (Å²) >= 11 is 0. The minimum absolute atomic E-state index is 0.0133. The molecule has 6 heteroatoms. The average Bonchev–Trinajstić information content (AvgIpc) is 3.07. The van der Waals surface area contributed by atoms with Crippen LogP contribution in [-0.4, -0.2) is 56.2 Å². The van der Waals surface area contributed by atoms with E-state index >= 15 is 0 Å². The number of carbonyl (C=O) groups is 1. The molecule has 0 amide bonds. The number of carbonyl (C=O) groups excluding carboxylic acids is 1. The van der Waals surface area contributed by atoms with Crippen LogP contribution in [0, 0.1) is 29.1 Å². The second kappa shape index (κ2) is 4.81. The molecule has 4 rings (SSSR count). The Bertz CT molecular complexity index is 713. The van der Waals surface area contributed by atoms with Gasteiger partial charge in [-0.3, -0.25) is 4.79 Å². The number of hydrogen-bond donors (Lipinski definition) is 5. The molecule has 0 aromatic carbocycles. The molecule has 0 aromatic heterocycles. The van der Waals surface area contributed by atoms with Crippen LogP contribution in [0.25, 0.3) is 0 Å². The predicted octanol–water partition coefficient (Wildman–Crippen LogP) is -0.494. The van der Waals surface area contributed by atoms with Gasteiger partial charge in [0.1, 0.15) is 5.60 Å². The van der Waals surface area contributed by atoms with E-state index < -0.39 is 41.0 Å². The summed E-state index contributed by atoms with van der Waals surface area (Å²) < 4.78 is 0. The largest absolute Gasteiger partial charge is 0.392 e. The second-order valence-electron chi connectivity index (χ2n) is 9.04. The van der Waals surface area contributed by atoms with Crippen LogP contribution in [0.2, 0.25) is 0 Å². The molecule has 0 aliphatic heterocycles. The van der Waals surface area contributed by atoms with Crippen LogP contribution in [0.15, 0.2) is 23.3 Å². The predicted molar refractivity (Wildman–Crippen MR) is 90.2 cm³/mol. The second-order valence-corrected chi connectivity index (χ2v) is 9.04. The van der Waals surface area contributed by atoms with Gasteiger partial charge in [0, 0.05) is 18.3 Å². The maximum atomic E-state index is 12.7. The van der Waals surface area contributed by atoms with Crippen molar-refractivity contribution in [2.24, 2.45) is 34.8 Å². The van der Waals surface area contributed by atoms with Crippen LogP contribution in [-0.2, 0) is 4.79 Å². The summed E-state index contributed by atoms with van der Waals surface area (Å²) in [5.74, 6) is -1.83. The molecule has 0 radical (unpaired) electrons. The average molecular weight is 349 g/mol. The minimum atomic E-state index is -1.83. The van der Waals surface area contributed by atoms with Crippen LogP contribution >= 0.6 is 0 Å². The molecule has 0 spiro atoms. The van der Waals surface area contributed by atoms with E-state index in [9.17, 15) is 25.2 Å². The molecule has 138 valence electrons. The van der Waals surface area contributed by atoms with Gasteiger partial charge in [-0.25, -0.2) is 0 Å². The Kier molecular flexibility index (Phi) is 3.34. The van der Waals surface area contributed by atoms with Crippen molar-refractivity contribution < 1.29 is 25.2 Å². The highest BCUT2D eigenvalue weighted by atomic mass is 16.3. The molecule has 4 aliphatic rings. The van der Waals surface area contributed by atoms with Gasteiger partial charge in [0.15, 0.2) is 5.78 Å². The van der Waals surface area contributed by atoms with Gasteiger partial charge in [-0.05, 0) is 35.3 Å². The first-order valence-corrected chi connectivity index (χ1v) is 8.93. The smallest absolute Gasteiger partial charge is 0.190 e. The van der Waals surface area contributed by atoms with Gasteiger partial charge in [-0.2, -0.15) is 0 Å². The number of ketones is 1. The fraction of sp³-hybridized carbons (Fsp3) is 0.737. The van der Waals surface area contributed by atoms with Gasteiger partial charge in [0.25, 0.3) is 0 Å². The summed E-state index contributed by atoms with van der Waals surface area (Å²) in [6.45, 7) is 5.40. The fourth-order valence-corrected chi connectivity index (χ4v) is 6.14. The maximum Gasteiger partial charge on any atom is 0.190 e. The molecule has 2 unspecified atom stereocenters. The number of nitrogens with two attached hydrogens (primary N) is 1. The maximum absolute atomic E-state index is 12.7. The lowest BCUT2D eigenvalue weighted by Gasteiger charge is -2.50. The molecule has 0 bridgehead atoms. The molecule has 25 heavy (non-hydrogen) atoms. The van der Waals surface area contributed by atoms with Crippen LogP contribution in [0.3, 0.4) is 0 Å². The molecule has 4 aliphatic carbocycles. The van der Waals surface area contributed by atoms with Gasteiger partial charge in [-0.1, -0.05) is 26.0 Å². The van der Waals surface area contributed by atoms with Crippen molar-refractivity contribution >= 4 is 5.78 Å². The summed E-state index contributed by atoms with van der Waals surface area (Å²) in [7, 11) is 0. The Morgan fingerprint density at radius 2 is 1.88 bits per heavy atom. The van der Waals surface area contributed by atoms with E-state index in [-0.39, 0.29) is 30.3 Å². The first kappa shape index (κ1) is 17.4. The van der Waals surface area contributed by atoms with E-state index in [2.05, 4.69) is 0 Å². The van der Waals surface area contributed by atoms with Crippen LogP contribution in [0.4, 0.5) is 0 Å². The third-order valence-electron chi connectivity index (χ3n) is 7.48. The Balaban J connectivity index is 1.93. The first-order valence-electron chi connectivity index (χ1n) is 8.93. The Morgan fingerprint density at radius 1 is 1.24 bits per heavy atom. The summed E-state index contributed by atoms with van der Waals surface area (Å²) in [5.41, 5.74) is 3.57. The normalized spacial score (nSPS) is 53.2. The van der Waals surface area contributed by atoms with E-state index in [1.807, 2.05) is 13.8 Å². The topological polar surface area (TPSA) is 124 Å². The Labute approximate surface area is 147 Å². The molecule has 2 fully saturated rings. The van der Waals surface area contributed by atoms with Crippen LogP contribution in [0.1, 0.15) is 27.2 Å². The molecular weight excluding hydrogens is 322 g/mol. The third-order valence-corrected chi connectivity index (χ3v) is 7.48. The molecule has 2 saturated carbocycles. The first-order chi connectivity index (χ1) is 11.5. The number of Topliss-reactive ketones (excluding diaryl/α,β-unsaturated/α-hetero) is 1. The van der Waals surface area contributed by atoms with Gasteiger partial charge in [0.2, 0.25) is 0 Å². The third kappa shape index (κ3) is 1.84. The van der Waals surface area contributed by atoms with E-state index in [4.69, 9.17) is 5.73 Å². The lowest BCUT2D eigenvalue weighted by atomic mass is 9.62. The minimum Gasteiger partial charge on any atom is -0.392 e. The summed E-state index contributed by atoms with van der Waals surface area (Å²) in [4.78, 5) is 12.7. The van der Waals surface area contributed by atoms with E-state index in [0.717, 1.165) is 0 Å². The lowest BCUT2D eigenvalue weighted by Crippen LogP contribution is -2.68. The van der Waals surface area contributed by atoms with Gasteiger partial charge in [0.05, 0.1) is 24.4 Å². The highest BCUT2D eigenvalue weighted by Crippen LogP contribution is 2.71.